The second kappa shape index (κ2) is 5.78. The van der Waals surface area contributed by atoms with Gasteiger partial charge in [-0.2, -0.15) is 0 Å². The van der Waals surface area contributed by atoms with E-state index < -0.39 is 19.7 Å². The number of carbonyl (C=O) groups excluding carboxylic acids is 1. The number of phosphoric ester groups is 1. The third kappa shape index (κ3) is 5.80. The molecule has 1 N–H and O–H groups in total. The lowest BCUT2D eigenvalue weighted by Crippen LogP contribution is -2.06. The Morgan fingerprint density at radius 1 is 1.50 bits per heavy atom. The maximum atomic E-state index is 10.7. The summed E-state index contributed by atoms with van der Waals surface area (Å²) in [7, 11) is -4.30. The molecule has 0 aliphatic heterocycles. The largest absolute Gasteiger partial charge is 0.529 e. The van der Waals surface area contributed by atoms with Crippen LogP contribution in [0.3, 0.4) is 0 Å². The Hall–Kier alpha value is 0.200. The SMILES string of the molecule is O=C(CCl)OP(=O)(O)OCCCl. The van der Waals surface area contributed by atoms with E-state index in [1.165, 1.54) is 0 Å². The Balaban J connectivity index is 3.87. The van der Waals surface area contributed by atoms with Gasteiger partial charge in [-0.05, 0) is 0 Å². The average molecular weight is 237 g/mol. The highest BCUT2D eigenvalue weighted by Gasteiger charge is 2.24. The summed E-state index contributed by atoms with van der Waals surface area (Å²) >= 11 is 10.2. The van der Waals surface area contributed by atoms with E-state index in [1.807, 2.05) is 0 Å². The number of phosphoric acid groups is 1. The molecule has 0 aromatic heterocycles. The zero-order valence-corrected chi connectivity index (χ0v) is 8.31. The smallest absolute Gasteiger partial charge is 0.370 e. The van der Waals surface area contributed by atoms with Gasteiger partial charge in [0.15, 0.2) is 0 Å². The molecule has 0 heterocycles. The van der Waals surface area contributed by atoms with Crippen LogP contribution in [0.4, 0.5) is 0 Å². The first-order chi connectivity index (χ1) is 5.52. The highest BCUT2D eigenvalue weighted by Crippen LogP contribution is 2.43. The maximum absolute atomic E-state index is 10.7. The fraction of sp³-hybridized carbons (Fsp3) is 0.750. The van der Waals surface area contributed by atoms with E-state index in [0.29, 0.717) is 0 Å². The Morgan fingerprint density at radius 3 is 2.50 bits per heavy atom. The molecule has 1 atom stereocenters. The van der Waals surface area contributed by atoms with Crippen molar-refractivity contribution in [2.75, 3.05) is 18.4 Å². The summed E-state index contributed by atoms with van der Waals surface area (Å²) in [5.41, 5.74) is 0. The summed E-state index contributed by atoms with van der Waals surface area (Å²) in [6.45, 7) is -0.176. The summed E-state index contributed by atoms with van der Waals surface area (Å²) < 4.78 is 18.9. The van der Waals surface area contributed by atoms with E-state index in [4.69, 9.17) is 28.1 Å². The predicted molar refractivity (Wildman–Crippen MR) is 43.3 cm³/mol. The standard InChI is InChI=1S/C4H7Cl2O5P/c5-1-2-10-12(8,9)11-4(7)3-6/h1-3H2,(H,8,9). The fourth-order valence-electron chi connectivity index (χ4n) is 0.329. The molecule has 0 saturated heterocycles. The molecular weight excluding hydrogens is 230 g/mol. The highest BCUT2D eigenvalue weighted by molar-refractivity contribution is 7.48. The van der Waals surface area contributed by atoms with Gasteiger partial charge in [-0.3, -0.25) is 14.2 Å². The molecule has 12 heavy (non-hydrogen) atoms. The van der Waals surface area contributed by atoms with Crippen molar-refractivity contribution in [3.05, 3.63) is 0 Å². The number of rotatable bonds is 5. The molecule has 0 spiro atoms. The molecule has 0 saturated carbocycles. The molecule has 5 nitrogen and oxygen atoms in total. The lowest BCUT2D eigenvalue weighted by molar-refractivity contribution is -0.133. The van der Waals surface area contributed by atoms with E-state index in [0.717, 1.165) is 0 Å². The van der Waals surface area contributed by atoms with E-state index in [-0.39, 0.29) is 12.5 Å². The second-order valence-electron chi connectivity index (χ2n) is 1.59. The molecule has 0 aliphatic rings. The minimum absolute atomic E-state index is 0.0307. The zero-order chi connectivity index (χ0) is 9.61. The molecular formula is C4H7Cl2O5P. The lowest BCUT2D eigenvalue weighted by atomic mass is 10.8. The normalized spacial score (nSPS) is 15.2. The first-order valence-electron chi connectivity index (χ1n) is 2.83. The van der Waals surface area contributed by atoms with Crippen molar-refractivity contribution in [1.29, 1.82) is 0 Å². The van der Waals surface area contributed by atoms with Crippen LogP contribution >= 0.6 is 31.0 Å². The Kier molecular flexibility index (Phi) is 5.88. The van der Waals surface area contributed by atoms with Gasteiger partial charge in [0.05, 0.1) is 6.61 Å². The van der Waals surface area contributed by atoms with Gasteiger partial charge < -0.3 is 4.52 Å². The van der Waals surface area contributed by atoms with Gasteiger partial charge in [0.25, 0.3) is 0 Å². The van der Waals surface area contributed by atoms with Crippen LogP contribution in [0.1, 0.15) is 0 Å². The Bertz CT molecular complexity index is 196. The first kappa shape index (κ1) is 12.2. The van der Waals surface area contributed by atoms with Crippen LogP contribution in [0.25, 0.3) is 0 Å². The van der Waals surface area contributed by atoms with Gasteiger partial charge in [0.2, 0.25) is 0 Å². The van der Waals surface area contributed by atoms with E-state index in [9.17, 15) is 9.36 Å². The molecule has 0 aliphatic carbocycles. The van der Waals surface area contributed by atoms with Crippen LogP contribution in [-0.2, 0) is 18.4 Å². The molecule has 0 fully saturated rings. The van der Waals surface area contributed by atoms with Crippen molar-refractivity contribution in [1.82, 2.24) is 0 Å². The summed E-state index contributed by atoms with van der Waals surface area (Å²) in [6, 6.07) is 0. The van der Waals surface area contributed by atoms with Gasteiger partial charge in [-0.1, -0.05) is 0 Å². The monoisotopic (exact) mass is 236 g/mol. The molecule has 0 aromatic carbocycles. The van der Waals surface area contributed by atoms with Gasteiger partial charge in [-0.25, -0.2) is 4.57 Å². The number of halogens is 2. The topological polar surface area (TPSA) is 72.8 Å². The number of alkyl halides is 2. The van der Waals surface area contributed by atoms with E-state index >= 15 is 0 Å². The van der Waals surface area contributed by atoms with Crippen LogP contribution in [0.15, 0.2) is 0 Å². The molecule has 72 valence electrons. The second-order valence-corrected chi connectivity index (χ2v) is 3.61. The zero-order valence-electron chi connectivity index (χ0n) is 5.90. The third-order valence-corrected chi connectivity index (χ3v) is 1.97. The van der Waals surface area contributed by atoms with Crippen molar-refractivity contribution in [3.63, 3.8) is 0 Å². The molecule has 8 heteroatoms. The van der Waals surface area contributed by atoms with Crippen molar-refractivity contribution in [2.24, 2.45) is 0 Å². The van der Waals surface area contributed by atoms with Crippen LogP contribution in [0, 0.1) is 0 Å². The van der Waals surface area contributed by atoms with E-state index in [2.05, 4.69) is 9.05 Å². The predicted octanol–water partition coefficient (Wildman–Crippen LogP) is 1.12. The minimum atomic E-state index is -4.30. The van der Waals surface area contributed by atoms with E-state index in [1.54, 1.807) is 0 Å². The van der Waals surface area contributed by atoms with Gasteiger partial charge in [0, 0.05) is 5.88 Å². The lowest BCUT2D eigenvalue weighted by Gasteiger charge is -2.09. The van der Waals surface area contributed by atoms with Gasteiger partial charge in [0.1, 0.15) is 5.88 Å². The van der Waals surface area contributed by atoms with Crippen LogP contribution in [-0.4, -0.2) is 29.2 Å². The van der Waals surface area contributed by atoms with Gasteiger partial charge in [-0.15, -0.1) is 23.2 Å². The summed E-state index contributed by atoms with van der Waals surface area (Å²) in [4.78, 5) is 19.1. The maximum Gasteiger partial charge on any atom is 0.529 e. The van der Waals surface area contributed by atoms with Crippen LogP contribution < -0.4 is 0 Å². The van der Waals surface area contributed by atoms with Crippen LogP contribution in [0.5, 0.6) is 0 Å². The summed E-state index contributed by atoms with van der Waals surface area (Å²) in [5, 5.41) is 0. The van der Waals surface area contributed by atoms with Crippen molar-refractivity contribution < 1.29 is 23.3 Å². The van der Waals surface area contributed by atoms with Crippen molar-refractivity contribution in [2.45, 2.75) is 0 Å². The van der Waals surface area contributed by atoms with Crippen molar-refractivity contribution >= 4 is 37.0 Å². The quantitative estimate of drug-likeness (QED) is 0.572. The summed E-state index contributed by atoms with van der Waals surface area (Å²) in [5.74, 6) is -1.49. The molecule has 0 aromatic rings. The fourth-order valence-corrected chi connectivity index (χ4v) is 1.34. The number of hydrogen-bond acceptors (Lipinski definition) is 4. The average Bonchev–Trinajstić information content (AvgIpc) is 2.00. The van der Waals surface area contributed by atoms with Gasteiger partial charge >= 0.3 is 13.8 Å². The summed E-state index contributed by atoms with van der Waals surface area (Å²) in [6.07, 6.45) is 0. The Morgan fingerprint density at radius 2 is 2.08 bits per heavy atom. The minimum Gasteiger partial charge on any atom is -0.370 e. The Labute approximate surface area is 79.2 Å². The molecule has 0 rings (SSSR count). The highest BCUT2D eigenvalue weighted by atomic mass is 35.5. The molecule has 1 unspecified atom stereocenters. The number of carbonyl (C=O) groups is 1. The van der Waals surface area contributed by atoms with Crippen LogP contribution in [0.2, 0.25) is 0 Å². The first-order valence-corrected chi connectivity index (χ1v) is 5.40. The molecule has 0 radical (unpaired) electrons. The molecule has 0 bridgehead atoms. The molecule has 0 amide bonds. The van der Waals surface area contributed by atoms with Crippen molar-refractivity contribution in [3.8, 4) is 0 Å². The number of hydrogen-bond donors (Lipinski definition) is 1. The third-order valence-electron chi connectivity index (χ3n) is 0.658.